The van der Waals surface area contributed by atoms with E-state index in [1.165, 1.54) is 24.5 Å². The van der Waals surface area contributed by atoms with Gasteiger partial charge in [-0.05, 0) is 12.5 Å². The van der Waals surface area contributed by atoms with Crippen LogP contribution in [0.4, 0.5) is 28.7 Å². The van der Waals surface area contributed by atoms with E-state index in [-0.39, 0.29) is 23.0 Å². The Kier molecular flexibility index (Phi) is 4.97. The number of aromatic nitrogens is 2. The molecule has 0 aliphatic rings. The van der Waals surface area contributed by atoms with Crippen LogP contribution in [0, 0.1) is 20.2 Å². The number of non-ortho nitro benzene ring substituents is 1. The Morgan fingerprint density at radius 1 is 1.13 bits per heavy atom. The maximum Gasteiger partial charge on any atom is 0.353 e. The molecule has 120 valence electrons. The molecule has 2 N–H and O–H groups in total. The van der Waals surface area contributed by atoms with Crippen molar-refractivity contribution in [1.82, 2.24) is 9.97 Å². The number of nitro benzene ring substituents is 1. The third-order valence-electron chi connectivity index (χ3n) is 2.87. The zero-order valence-corrected chi connectivity index (χ0v) is 12.2. The highest BCUT2D eigenvalue weighted by atomic mass is 16.6. The molecule has 2 aromatic rings. The maximum absolute atomic E-state index is 11.3. The zero-order chi connectivity index (χ0) is 16.8. The number of nitrogens with zero attached hydrogens (tertiary/aromatic N) is 4. The van der Waals surface area contributed by atoms with Crippen LogP contribution in [0.25, 0.3) is 0 Å². The van der Waals surface area contributed by atoms with Crippen LogP contribution < -0.4 is 10.6 Å². The second kappa shape index (κ2) is 7.11. The van der Waals surface area contributed by atoms with Crippen LogP contribution in [0.1, 0.15) is 13.3 Å². The van der Waals surface area contributed by atoms with Gasteiger partial charge in [0.15, 0.2) is 0 Å². The monoisotopic (exact) mass is 318 g/mol. The van der Waals surface area contributed by atoms with Crippen LogP contribution in [0.15, 0.2) is 30.6 Å². The molecule has 23 heavy (non-hydrogen) atoms. The van der Waals surface area contributed by atoms with Gasteiger partial charge in [0.2, 0.25) is 11.6 Å². The molecule has 0 atom stereocenters. The Morgan fingerprint density at radius 3 is 2.52 bits per heavy atom. The van der Waals surface area contributed by atoms with E-state index >= 15 is 0 Å². The summed E-state index contributed by atoms with van der Waals surface area (Å²) in [5.74, 6) is 0.0591. The molecule has 10 heteroatoms. The molecule has 0 radical (unpaired) electrons. The first-order chi connectivity index (χ1) is 11.0. The number of anilines is 3. The number of rotatable bonds is 7. The maximum atomic E-state index is 11.3. The van der Waals surface area contributed by atoms with Crippen molar-refractivity contribution >= 4 is 28.7 Å². The summed E-state index contributed by atoms with van der Waals surface area (Å²) in [7, 11) is 0. The summed E-state index contributed by atoms with van der Waals surface area (Å²) in [6.45, 7) is 2.44. The summed E-state index contributed by atoms with van der Waals surface area (Å²) in [5.41, 5.74) is -0.120. The quantitative estimate of drug-likeness (QED) is 0.587. The molecule has 1 aromatic heterocycles. The number of benzene rings is 1. The van der Waals surface area contributed by atoms with Gasteiger partial charge in [-0.3, -0.25) is 20.2 Å². The topological polar surface area (TPSA) is 136 Å². The molecule has 0 unspecified atom stereocenters. The van der Waals surface area contributed by atoms with Gasteiger partial charge in [0.1, 0.15) is 6.33 Å². The SMILES string of the molecule is CCCNc1ncnc(Nc2cccc([N+](=O)[O-])c2)c1[N+](=O)[O-]. The first-order valence-corrected chi connectivity index (χ1v) is 6.77. The molecular weight excluding hydrogens is 304 g/mol. The van der Waals surface area contributed by atoms with Crippen molar-refractivity contribution in [3.05, 3.63) is 50.8 Å². The van der Waals surface area contributed by atoms with Gasteiger partial charge in [-0.1, -0.05) is 13.0 Å². The van der Waals surface area contributed by atoms with E-state index in [0.717, 1.165) is 6.42 Å². The fraction of sp³-hybridized carbons (Fsp3) is 0.231. The Labute approximate surface area is 130 Å². The van der Waals surface area contributed by atoms with Crippen LogP contribution in [0.5, 0.6) is 0 Å². The highest BCUT2D eigenvalue weighted by molar-refractivity contribution is 5.74. The Hall–Kier alpha value is -3.30. The molecule has 1 aromatic carbocycles. The standard InChI is InChI=1S/C13H14N6O4/c1-2-6-14-12-11(19(22)23)13(16-8-15-12)17-9-4-3-5-10(7-9)18(20)21/h3-5,7-8H,2,6H2,1H3,(H2,14,15,16,17). The van der Waals surface area contributed by atoms with Gasteiger partial charge in [0, 0.05) is 24.4 Å². The van der Waals surface area contributed by atoms with E-state index < -0.39 is 9.85 Å². The van der Waals surface area contributed by atoms with Crippen molar-refractivity contribution in [2.75, 3.05) is 17.2 Å². The summed E-state index contributed by atoms with van der Waals surface area (Å²) >= 11 is 0. The van der Waals surface area contributed by atoms with Crippen LogP contribution in [0.2, 0.25) is 0 Å². The highest BCUT2D eigenvalue weighted by Crippen LogP contribution is 2.31. The minimum atomic E-state index is -0.600. The average Bonchev–Trinajstić information content (AvgIpc) is 2.53. The Morgan fingerprint density at radius 2 is 1.87 bits per heavy atom. The first kappa shape index (κ1) is 16.1. The number of hydrogen-bond acceptors (Lipinski definition) is 8. The van der Waals surface area contributed by atoms with E-state index in [1.54, 1.807) is 6.07 Å². The normalized spacial score (nSPS) is 10.1. The van der Waals surface area contributed by atoms with Gasteiger partial charge in [-0.25, -0.2) is 9.97 Å². The lowest BCUT2D eigenvalue weighted by molar-refractivity contribution is -0.384. The van der Waals surface area contributed by atoms with Crippen molar-refractivity contribution in [3.63, 3.8) is 0 Å². The smallest absolute Gasteiger partial charge is 0.353 e. The fourth-order valence-electron chi connectivity index (χ4n) is 1.85. The van der Waals surface area contributed by atoms with Crippen molar-refractivity contribution < 1.29 is 9.85 Å². The minimum absolute atomic E-state index is 0.0379. The lowest BCUT2D eigenvalue weighted by atomic mass is 10.2. The van der Waals surface area contributed by atoms with Crippen LogP contribution in [0.3, 0.4) is 0 Å². The third-order valence-corrected chi connectivity index (χ3v) is 2.87. The minimum Gasteiger partial charge on any atom is -0.364 e. The number of hydrogen-bond donors (Lipinski definition) is 2. The van der Waals surface area contributed by atoms with Gasteiger partial charge >= 0.3 is 5.69 Å². The van der Waals surface area contributed by atoms with Gasteiger partial charge in [-0.15, -0.1) is 0 Å². The molecule has 0 aliphatic carbocycles. The summed E-state index contributed by atoms with van der Waals surface area (Å²) in [5, 5.41) is 27.7. The van der Waals surface area contributed by atoms with Gasteiger partial charge in [0.05, 0.1) is 9.85 Å². The van der Waals surface area contributed by atoms with Crippen LogP contribution in [-0.4, -0.2) is 26.4 Å². The summed E-state index contributed by atoms with van der Waals surface area (Å²) in [6.07, 6.45) is 1.96. The van der Waals surface area contributed by atoms with Crippen molar-refractivity contribution in [1.29, 1.82) is 0 Å². The highest BCUT2D eigenvalue weighted by Gasteiger charge is 2.23. The summed E-state index contributed by atoms with van der Waals surface area (Å²) in [6, 6.07) is 5.63. The molecule has 0 saturated carbocycles. The second-order valence-corrected chi connectivity index (χ2v) is 4.54. The van der Waals surface area contributed by atoms with E-state index in [4.69, 9.17) is 0 Å². The largest absolute Gasteiger partial charge is 0.364 e. The lowest BCUT2D eigenvalue weighted by Gasteiger charge is -2.09. The molecule has 1 heterocycles. The van der Waals surface area contributed by atoms with E-state index in [2.05, 4.69) is 20.6 Å². The predicted octanol–water partition coefficient (Wildman–Crippen LogP) is 2.86. The van der Waals surface area contributed by atoms with Crippen molar-refractivity contribution in [2.45, 2.75) is 13.3 Å². The van der Waals surface area contributed by atoms with Crippen LogP contribution >= 0.6 is 0 Å². The van der Waals surface area contributed by atoms with E-state index in [0.29, 0.717) is 12.2 Å². The molecule has 0 spiro atoms. The van der Waals surface area contributed by atoms with Crippen molar-refractivity contribution in [3.8, 4) is 0 Å². The van der Waals surface area contributed by atoms with Gasteiger partial charge < -0.3 is 10.6 Å². The molecule has 0 saturated heterocycles. The summed E-state index contributed by atoms with van der Waals surface area (Å²) in [4.78, 5) is 28.7. The Balaban J connectivity index is 2.37. The molecule has 0 bridgehead atoms. The summed E-state index contributed by atoms with van der Waals surface area (Å²) < 4.78 is 0. The van der Waals surface area contributed by atoms with E-state index in [1.807, 2.05) is 6.92 Å². The molecule has 10 nitrogen and oxygen atoms in total. The van der Waals surface area contributed by atoms with E-state index in [9.17, 15) is 20.2 Å². The third kappa shape index (κ3) is 3.87. The Bertz CT molecular complexity index is 736. The lowest BCUT2D eigenvalue weighted by Crippen LogP contribution is -2.08. The first-order valence-electron chi connectivity index (χ1n) is 6.77. The predicted molar refractivity (Wildman–Crippen MR) is 83.8 cm³/mol. The average molecular weight is 318 g/mol. The number of nitro groups is 2. The van der Waals surface area contributed by atoms with Crippen LogP contribution in [-0.2, 0) is 0 Å². The molecule has 0 fully saturated rings. The molecule has 0 aliphatic heterocycles. The second-order valence-electron chi connectivity index (χ2n) is 4.54. The zero-order valence-electron chi connectivity index (χ0n) is 12.2. The number of nitrogens with one attached hydrogen (secondary N) is 2. The van der Waals surface area contributed by atoms with Gasteiger partial charge in [-0.2, -0.15) is 0 Å². The van der Waals surface area contributed by atoms with Crippen molar-refractivity contribution in [2.24, 2.45) is 0 Å². The fourth-order valence-corrected chi connectivity index (χ4v) is 1.85. The molecule has 0 amide bonds. The molecule has 2 rings (SSSR count). The molecular formula is C13H14N6O4. The van der Waals surface area contributed by atoms with Gasteiger partial charge in [0.25, 0.3) is 5.69 Å².